The maximum absolute atomic E-state index is 13.5. The standard InChI is InChI=1S/C23H25N3O4S2/c1-16-12-17(2)14-19(13-16)30-20-6-5-18(25-23(27)21-4-3-11-31-21)15-22(20)32(28,29)26-9-7-24-8-10-26/h3-6,11-15,24H,7-10H2,1-2H3,(H,25,27). The van der Waals surface area contributed by atoms with Gasteiger partial charge < -0.3 is 15.4 Å². The Labute approximate surface area is 192 Å². The van der Waals surface area contributed by atoms with Crippen LogP contribution in [0.4, 0.5) is 5.69 Å². The molecule has 0 saturated carbocycles. The van der Waals surface area contributed by atoms with Crippen LogP contribution in [0.2, 0.25) is 0 Å². The van der Waals surface area contributed by atoms with E-state index in [1.165, 1.54) is 21.7 Å². The van der Waals surface area contributed by atoms with E-state index in [9.17, 15) is 13.2 Å². The molecule has 2 aromatic carbocycles. The van der Waals surface area contributed by atoms with Crippen molar-refractivity contribution in [3.8, 4) is 11.5 Å². The molecule has 2 N–H and O–H groups in total. The Hall–Kier alpha value is -2.72. The molecule has 168 valence electrons. The molecule has 3 aromatic rings. The minimum Gasteiger partial charge on any atom is -0.456 e. The second kappa shape index (κ2) is 9.41. The first-order valence-corrected chi connectivity index (χ1v) is 12.6. The maximum Gasteiger partial charge on any atom is 0.265 e. The van der Waals surface area contributed by atoms with Crippen molar-refractivity contribution in [2.75, 3.05) is 31.5 Å². The zero-order valence-corrected chi connectivity index (χ0v) is 19.6. The molecule has 1 fully saturated rings. The van der Waals surface area contributed by atoms with Crippen LogP contribution in [0, 0.1) is 13.8 Å². The van der Waals surface area contributed by atoms with E-state index in [1.807, 2.05) is 37.4 Å². The third-order valence-electron chi connectivity index (χ3n) is 5.06. The molecule has 4 rings (SSSR count). The number of rotatable bonds is 6. The van der Waals surface area contributed by atoms with E-state index in [0.29, 0.717) is 42.5 Å². The topological polar surface area (TPSA) is 87.7 Å². The molecule has 1 amide bonds. The number of sulfonamides is 1. The van der Waals surface area contributed by atoms with Crippen LogP contribution in [0.25, 0.3) is 0 Å². The van der Waals surface area contributed by atoms with Gasteiger partial charge in [0.25, 0.3) is 5.91 Å². The van der Waals surface area contributed by atoms with E-state index in [4.69, 9.17) is 4.74 Å². The lowest BCUT2D eigenvalue weighted by Gasteiger charge is -2.27. The highest BCUT2D eigenvalue weighted by Crippen LogP contribution is 2.34. The summed E-state index contributed by atoms with van der Waals surface area (Å²) in [6.07, 6.45) is 0. The second-order valence-electron chi connectivity index (χ2n) is 7.67. The van der Waals surface area contributed by atoms with Gasteiger partial charge in [-0.2, -0.15) is 4.31 Å². The fraction of sp³-hybridized carbons (Fsp3) is 0.261. The molecular weight excluding hydrogens is 446 g/mol. The first-order chi connectivity index (χ1) is 15.3. The molecule has 0 aliphatic carbocycles. The number of ether oxygens (including phenoxy) is 1. The number of nitrogens with one attached hydrogen (secondary N) is 2. The average molecular weight is 472 g/mol. The smallest absolute Gasteiger partial charge is 0.265 e. The van der Waals surface area contributed by atoms with Crippen LogP contribution in [0.5, 0.6) is 11.5 Å². The van der Waals surface area contributed by atoms with Crippen LogP contribution in [0.15, 0.2) is 58.8 Å². The minimum absolute atomic E-state index is 0.0301. The van der Waals surface area contributed by atoms with Gasteiger partial charge in [-0.1, -0.05) is 12.1 Å². The fourth-order valence-electron chi connectivity index (χ4n) is 3.61. The number of nitrogens with zero attached hydrogens (tertiary/aromatic N) is 1. The number of aryl methyl sites for hydroxylation is 2. The van der Waals surface area contributed by atoms with E-state index >= 15 is 0 Å². The molecule has 9 heteroatoms. The van der Waals surface area contributed by atoms with Crippen LogP contribution < -0.4 is 15.4 Å². The predicted molar refractivity (Wildman–Crippen MR) is 126 cm³/mol. The van der Waals surface area contributed by atoms with Gasteiger partial charge in [-0.15, -0.1) is 11.3 Å². The number of anilines is 1. The van der Waals surface area contributed by atoms with Gasteiger partial charge in [-0.25, -0.2) is 8.42 Å². The average Bonchev–Trinajstić information content (AvgIpc) is 3.30. The molecule has 1 saturated heterocycles. The monoisotopic (exact) mass is 471 g/mol. The number of carbonyl (C=O) groups is 1. The molecule has 1 aliphatic rings. The molecular formula is C23H25N3O4S2. The van der Waals surface area contributed by atoms with Crippen molar-refractivity contribution in [2.45, 2.75) is 18.7 Å². The molecule has 0 bridgehead atoms. The molecule has 0 spiro atoms. The van der Waals surface area contributed by atoms with Crippen molar-refractivity contribution in [1.29, 1.82) is 0 Å². The summed E-state index contributed by atoms with van der Waals surface area (Å²) in [4.78, 5) is 13.1. The van der Waals surface area contributed by atoms with Gasteiger partial charge in [-0.3, -0.25) is 4.79 Å². The van der Waals surface area contributed by atoms with E-state index < -0.39 is 10.0 Å². The Morgan fingerprint density at radius 2 is 1.78 bits per heavy atom. The Balaban J connectivity index is 1.72. The summed E-state index contributed by atoms with van der Waals surface area (Å²) in [5.41, 5.74) is 2.43. The van der Waals surface area contributed by atoms with Crippen molar-refractivity contribution in [3.05, 3.63) is 69.9 Å². The van der Waals surface area contributed by atoms with Crippen LogP contribution in [-0.2, 0) is 10.0 Å². The highest BCUT2D eigenvalue weighted by Gasteiger charge is 2.30. The van der Waals surface area contributed by atoms with Crippen molar-refractivity contribution in [3.63, 3.8) is 0 Å². The largest absolute Gasteiger partial charge is 0.456 e. The third kappa shape index (κ3) is 5.02. The van der Waals surface area contributed by atoms with Gasteiger partial charge in [0.15, 0.2) is 0 Å². The van der Waals surface area contributed by atoms with E-state index in [-0.39, 0.29) is 16.6 Å². The molecule has 0 unspecified atom stereocenters. The number of benzene rings is 2. The molecule has 7 nitrogen and oxygen atoms in total. The third-order valence-corrected chi connectivity index (χ3v) is 7.85. The van der Waals surface area contributed by atoms with Crippen LogP contribution in [0.1, 0.15) is 20.8 Å². The Bertz CT molecular complexity index is 1200. The number of amides is 1. The summed E-state index contributed by atoms with van der Waals surface area (Å²) >= 11 is 1.32. The summed E-state index contributed by atoms with van der Waals surface area (Å²) in [5, 5.41) is 7.77. The SMILES string of the molecule is Cc1cc(C)cc(Oc2ccc(NC(=O)c3cccs3)cc2S(=O)(=O)N2CCNCC2)c1. The Morgan fingerprint density at radius 3 is 2.44 bits per heavy atom. The maximum atomic E-state index is 13.5. The van der Waals surface area contributed by atoms with Crippen LogP contribution in [0.3, 0.4) is 0 Å². The Morgan fingerprint density at radius 1 is 1.06 bits per heavy atom. The van der Waals surface area contributed by atoms with E-state index in [1.54, 1.807) is 24.3 Å². The van der Waals surface area contributed by atoms with Gasteiger partial charge in [0.1, 0.15) is 16.4 Å². The van der Waals surface area contributed by atoms with Gasteiger partial charge in [0, 0.05) is 31.9 Å². The highest BCUT2D eigenvalue weighted by atomic mass is 32.2. The zero-order chi connectivity index (χ0) is 22.7. The van der Waals surface area contributed by atoms with Crippen LogP contribution >= 0.6 is 11.3 Å². The van der Waals surface area contributed by atoms with Crippen molar-refractivity contribution in [2.24, 2.45) is 0 Å². The number of thiophene rings is 1. The van der Waals surface area contributed by atoms with Gasteiger partial charge in [0.05, 0.1) is 4.88 Å². The molecule has 1 aliphatic heterocycles. The molecule has 0 radical (unpaired) electrons. The van der Waals surface area contributed by atoms with Gasteiger partial charge in [-0.05, 0) is 66.8 Å². The quantitative estimate of drug-likeness (QED) is 0.567. The highest BCUT2D eigenvalue weighted by molar-refractivity contribution is 7.89. The number of piperazine rings is 1. The van der Waals surface area contributed by atoms with Crippen molar-refractivity contribution in [1.82, 2.24) is 9.62 Å². The van der Waals surface area contributed by atoms with Crippen molar-refractivity contribution < 1.29 is 17.9 Å². The first-order valence-electron chi connectivity index (χ1n) is 10.3. The molecule has 2 heterocycles. The van der Waals surface area contributed by atoms with E-state index in [2.05, 4.69) is 10.6 Å². The summed E-state index contributed by atoms with van der Waals surface area (Å²) in [6, 6.07) is 14.0. The van der Waals surface area contributed by atoms with E-state index in [0.717, 1.165) is 11.1 Å². The normalized spacial score (nSPS) is 14.8. The fourth-order valence-corrected chi connectivity index (χ4v) is 5.81. The molecule has 0 atom stereocenters. The van der Waals surface area contributed by atoms with Gasteiger partial charge in [0.2, 0.25) is 10.0 Å². The summed E-state index contributed by atoms with van der Waals surface area (Å²) in [5.74, 6) is 0.505. The Kier molecular flexibility index (Phi) is 6.61. The summed E-state index contributed by atoms with van der Waals surface area (Å²) in [7, 11) is -3.83. The first kappa shape index (κ1) is 22.5. The number of hydrogen-bond donors (Lipinski definition) is 2. The number of carbonyl (C=O) groups excluding carboxylic acids is 1. The minimum atomic E-state index is -3.83. The zero-order valence-electron chi connectivity index (χ0n) is 17.9. The lowest BCUT2D eigenvalue weighted by atomic mass is 10.1. The second-order valence-corrected chi connectivity index (χ2v) is 10.5. The summed E-state index contributed by atoms with van der Waals surface area (Å²) in [6.45, 7) is 5.83. The summed E-state index contributed by atoms with van der Waals surface area (Å²) < 4.78 is 34.5. The van der Waals surface area contributed by atoms with Gasteiger partial charge >= 0.3 is 0 Å². The lowest BCUT2D eigenvalue weighted by molar-refractivity contribution is 0.103. The molecule has 32 heavy (non-hydrogen) atoms. The lowest BCUT2D eigenvalue weighted by Crippen LogP contribution is -2.46. The van der Waals surface area contributed by atoms with Crippen molar-refractivity contribution >= 4 is 33.0 Å². The predicted octanol–water partition coefficient (Wildman–Crippen LogP) is 4.00. The number of hydrogen-bond acceptors (Lipinski definition) is 6. The molecule has 1 aromatic heterocycles. The van der Waals surface area contributed by atoms with Crippen LogP contribution in [-0.4, -0.2) is 44.8 Å².